The molecule has 1 aromatic carbocycles. The van der Waals surface area contributed by atoms with Gasteiger partial charge in [0.25, 0.3) is 0 Å². The average molecular weight is 340 g/mol. The van der Waals surface area contributed by atoms with E-state index in [1.54, 1.807) is 7.11 Å². The zero-order valence-corrected chi connectivity index (χ0v) is 16.2. The second kappa shape index (κ2) is 7.46. The van der Waals surface area contributed by atoms with Crippen molar-refractivity contribution >= 4 is 14.3 Å². The van der Waals surface area contributed by atoms with Crippen LogP contribution in [0.25, 0.3) is 0 Å². The first-order valence-corrected chi connectivity index (χ1v) is 10.6. The van der Waals surface area contributed by atoms with Crippen LogP contribution in [-0.2, 0) is 14.0 Å². The highest BCUT2D eigenvalue weighted by atomic mass is 28.4. The summed E-state index contributed by atoms with van der Waals surface area (Å²) < 4.78 is 16.4. The molecule has 0 aliphatic heterocycles. The van der Waals surface area contributed by atoms with E-state index in [4.69, 9.17) is 19.6 Å². The zero-order chi connectivity index (χ0) is 17.8. The molecule has 1 aromatic rings. The van der Waals surface area contributed by atoms with Gasteiger partial charge in [0.05, 0.1) is 20.3 Å². The summed E-state index contributed by atoms with van der Waals surface area (Å²) in [6, 6.07) is 6.55. The number of ether oxygens (including phenoxy) is 2. The number of benzene rings is 1. The summed E-state index contributed by atoms with van der Waals surface area (Å²) in [5, 5.41) is 0.00750. The minimum absolute atomic E-state index is 0.00750. The number of carbonyl (C=O) groups excluding carboxylic acids is 1. The van der Waals surface area contributed by atoms with Gasteiger partial charge in [-0.15, -0.1) is 0 Å². The van der Waals surface area contributed by atoms with Crippen molar-refractivity contribution < 1.29 is 18.7 Å². The lowest BCUT2D eigenvalue weighted by Gasteiger charge is -2.40. The van der Waals surface area contributed by atoms with Crippen LogP contribution < -0.4 is 10.5 Å². The largest absolute Gasteiger partial charge is 0.497 e. The minimum Gasteiger partial charge on any atom is -0.497 e. The number of hydrogen-bond donors (Lipinski definition) is 1. The molecule has 0 saturated carbocycles. The first kappa shape index (κ1) is 19.7. The van der Waals surface area contributed by atoms with Gasteiger partial charge in [-0.3, -0.25) is 4.79 Å². The van der Waals surface area contributed by atoms with Gasteiger partial charge in [-0.25, -0.2) is 0 Å². The van der Waals surface area contributed by atoms with Gasteiger partial charge in [-0.1, -0.05) is 32.9 Å². The van der Waals surface area contributed by atoms with Crippen molar-refractivity contribution in [1.29, 1.82) is 0 Å². The molecule has 0 fully saturated rings. The Morgan fingerprint density at radius 2 is 1.65 bits per heavy atom. The van der Waals surface area contributed by atoms with Crippen LogP contribution in [0.4, 0.5) is 0 Å². The number of carbonyl (C=O) groups is 1. The summed E-state index contributed by atoms with van der Waals surface area (Å²) in [6.07, 6.45) is -0.547. The molecule has 0 unspecified atom stereocenters. The summed E-state index contributed by atoms with van der Waals surface area (Å²) in [5.41, 5.74) is 6.96. The van der Waals surface area contributed by atoms with Gasteiger partial charge in [-0.05, 0) is 35.8 Å². The first-order valence-electron chi connectivity index (χ1n) is 7.68. The molecule has 2 atom stereocenters. The highest BCUT2D eigenvalue weighted by Gasteiger charge is 2.42. The first-order chi connectivity index (χ1) is 10.5. The fourth-order valence-corrected chi connectivity index (χ4v) is 3.17. The molecule has 0 aromatic heterocycles. The Bertz CT molecular complexity index is 522. The molecular weight excluding hydrogens is 310 g/mol. The highest BCUT2D eigenvalue weighted by molar-refractivity contribution is 6.74. The molecule has 0 amide bonds. The van der Waals surface area contributed by atoms with Crippen molar-refractivity contribution in [3.63, 3.8) is 0 Å². The van der Waals surface area contributed by atoms with Crippen molar-refractivity contribution in [2.75, 3.05) is 14.2 Å². The molecule has 2 N–H and O–H groups in total. The van der Waals surface area contributed by atoms with Crippen LogP contribution in [0.2, 0.25) is 18.1 Å². The van der Waals surface area contributed by atoms with Gasteiger partial charge in [0.1, 0.15) is 11.8 Å². The van der Waals surface area contributed by atoms with Gasteiger partial charge >= 0.3 is 5.97 Å². The summed E-state index contributed by atoms with van der Waals surface area (Å²) in [6.45, 7) is 10.7. The monoisotopic (exact) mass is 339 g/mol. The van der Waals surface area contributed by atoms with Crippen LogP contribution in [0.1, 0.15) is 32.4 Å². The van der Waals surface area contributed by atoms with Crippen LogP contribution in [0.5, 0.6) is 5.75 Å². The standard InChI is InChI=1S/C17H29NO4Si/c1-17(2,3)23(6,7)22-15(14(18)16(19)21-5)12-8-10-13(20-4)11-9-12/h8-11,14-15H,18H2,1-7H3/t14-,15-/m0/s1. The lowest BCUT2D eigenvalue weighted by molar-refractivity contribution is -0.144. The van der Waals surface area contributed by atoms with E-state index in [0.717, 1.165) is 11.3 Å². The molecule has 0 radical (unpaired) electrons. The van der Waals surface area contributed by atoms with Crippen molar-refractivity contribution in [2.45, 2.75) is 51.0 Å². The molecule has 0 saturated heterocycles. The normalized spacial score (nSPS) is 15.0. The zero-order valence-electron chi connectivity index (χ0n) is 15.2. The van der Waals surface area contributed by atoms with E-state index < -0.39 is 26.4 Å². The fourth-order valence-electron chi connectivity index (χ4n) is 1.90. The molecule has 0 heterocycles. The lowest BCUT2D eigenvalue weighted by Crippen LogP contribution is -2.48. The Balaban J connectivity index is 3.18. The molecule has 23 heavy (non-hydrogen) atoms. The molecule has 0 aliphatic carbocycles. The molecule has 1 rings (SSSR count). The Kier molecular flexibility index (Phi) is 6.38. The van der Waals surface area contributed by atoms with Crippen LogP contribution in [-0.4, -0.2) is 34.5 Å². The third-order valence-electron chi connectivity index (χ3n) is 4.47. The van der Waals surface area contributed by atoms with E-state index in [2.05, 4.69) is 33.9 Å². The van der Waals surface area contributed by atoms with Crippen LogP contribution in [0.3, 0.4) is 0 Å². The van der Waals surface area contributed by atoms with Crippen molar-refractivity contribution in [2.24, 2.45) is 5.73 Å². The summed E-state index contributed by atoms with van der Waals surface area (Å²) in [4.78, 5) is 11.9. The van der Waals surface area contributed by atoms with Crippen molar-refractivity contribution in [3.8, 4) is 5.75 Å². The molecule has 5 nitrogen and oxygen atoms in total. The van der Waals surface area contributed by atoms with Gasteiger partial charge in [0.2, 0.25) is 0 Å². The number of methoxy groups -OCH3 is 2. The van der Waals surface area contributed by atoms with Gasteiger partial charge < -0.3 is 19.6 Å². The molecule has 6 heteroatoms. The summed E-state index contributed by atoms with van der Waals surface area (Å²) in [7, 11) is 0.830. The maximum atomic E-state index is 11.9. The van der Waals surface area contributed by atoms with Crippen molar-refractivity contribution in [1.82, 2.24) is 0 Å². The predicted octanol–water partition coefficient (Wildman–Crippen LogP) is 3.26. The third-order valence-corrected chi connectivity index (χ3v) is 8.93. The van der Waals surface area contributed by atoms with E-state index >= 15 is 0 Å². The second-order valence-corrected chi connectivity index (χ2v) is 11.9. The summed E-state index contributed by atoms with van der Waals surface area (Å²) >= 11 is 0. The smallest absolute Gasteiger partial charge is 0.325 e. The van der Waals surface area contributed by atoms with Crippen LogP contribution in [0.15, 0.2) is 24.3 Å². The minimum atomic E-state index is -2.11. The molecule has 0 spiro atoms. The third kappa shape index (κ3) is 4.80. The number of nitrogens with two attached hydrogens (primary N) is 1. The quantitative estimate of drug-likeness (QED) is 0.636. The van der Waals surface area contributed by atoms with Gasteiger partial charge in [0, 0.05) is 0 Å². The van der Waals surface area contributed by atoms with Crippen LogP contribution >= 0.6 is 0 Å². The Morgan fingerprint density at radius 3 is 2.04 bits per heavy atom. The van der Waals surface area contributed by atoms with Gasteiger partial charge in [-0.2, -0.15) is 0 Å². The SMILES string of the molecule is COC(=O)[C@@H](N)[C@@H](O[Si](C)(C)C(C)(C)C)c1ccc(OC)cc1. The molecule has 0 bridgehead atoms. The van der Waals surface area contributed by atoms with Crippen molar-refractivity contribution in [3.05, 3.63) is 29.8 Å². The predicted molar refractivity (Wildman–Crippen MR) is 94.0 cm³/mol. The second-order valence-electron chi connectivity index (χ2n) is 7.12. The fraction of sp³-hybridized carbons (Fsp3) is 0.588. The number of hydrogen-bond acceptors (Lipinski definition) is 5. The topological polar surface area (TPSA) is 70.8 Å². The lowest BCUT2D eigenvalue weighted by atomic mass is 10.0. The van der Waals surface area contributed by atoms with E-state index in [0.29, 0.717) is 0 Å². The number of rotatable bonds is 6. The number of esters is 1. The van der Waals surface area contributed by atoms with Gasteiger partial charge in [0.15, 0.2) is 8.32 Å². The summed E-state index contributed by atoms with van der Waals surface area (Å²) in [5.74, 6) is 0.260. The maximum absolute atomic E-state index is 11.9. The van der Waals surface area contributed by atoms with E-state index in [9.17, 15) is 4.79 Å². The Hall–Kier alpha value is -1.37. The maximum Gasteiger partial charge on any atom is 0.325 e. The Morgan fingerprint density at radius 1 is 1.13 bits per heavy atom. The van der Waals surface area contributed by atoms with Crippen LogP contribution in [0, 0.1) is 0 Å². The molecular formula is C17H29NO4Si. The van der Waals surface area contributed by atoms with E-state index in [1.807, 2.05) is 24.3 Å². The average Bonchev–Trinajstić information content (AvgIpc) is 2.50. The van der Waals surface area contributed by atoms with E-state index in [-0.39, 0.29) is 5.04 Å². The molecule has 130 valence electrons. The molecule has 0 aliphatic rings. The highest BCUT2D eigenvalue weighted by Crippen LogP contribution is 2.40. The Labute approximate surface area is 140 Å². The van der Waals surface area contributed by atoms with E-state index in [1.165, 1.54) is 7.11 Å².